The highest BCUT2D eigenvalue weighted by atomic mass is 19.4. The summed E-state index contributed by atoms with van der Waals surface area (Å²) in [7, 11) is 1.23. The van der Waals surface area contributed by atoms with Crippen LogP contribution in [0.3, 0.4) is 0 Å². The van der Waals surface area contributed by atoms with E-state index in [1.54, 1.807) is 6.92 Å². The van der Waals surface area contributed by atoms with Crippen molar-refractivity contribution < 1.29 is 22.7 Å². The monoisotopic (exact) mass is 244 g/mol. The van der Waals surface area contributed by atoms with E-state index in [-0.39, 0.29) is 0 Å². The molecule has 0 unspecified atom stereocenters. The SMILES string of the molecule is COC(=O)C=Cc1ccc(C(F)(F)F)cc1C. The van der Waals surface area contributed by atoms with Gasteiger partial charge in [0.1, 0.15) is 0 Å². The van der Waals surface area contributed by atoms with Crippen molar-refractivity contribution in [3.8, 4) is 0 Å². The maximum absolute atomic E-state index is 12.4. The molecule has 0 aliphatic carbocycles. The second-order valence-corrected chi connectivity index (χ2v) is 3.43. The van der Waals surface area contributed by atoms with Crippen LogP contribution in [0.5, 0.6) is 0 Å². The fourth-order valence-corrected chi connectivity index (χ4v) is 1.26. The zero-order valence-corrected chi connectivity index (χ0v) is 9.34. The van der Waals surface area contributed by atoms with E-state index >= 15 is 0 Å². The van der Waals surface area contributed by atoms with Gasteiger partial charge in [0.2, 0.25) is 0 Å². The number of esters is 1. The molecule has 0 atom stereocenters. The fraction of sp³-hybridized carbons (Fsp3) is 0.250. The number of ether oxygens (including phenoxy) is 1. The zero-order valence-electron chi connectivity index (χ0n) is 9.34. The Balaban J connectivity index is 2.99. The molecule has 0 aromatic heterocycles. The van der Waals surface area contributed by atoms with Crippen LogP contribution in [-0.4, -0.2) is 13.1 Å². The highest BCUT2D eigenvalue weighted by Crippen LogP contribution is 2.30. The largest absolute Gasteiger partial charge is 0.466 e. The van der Waals surface area contributed by atoms with E-state index in [4.69, 9.17) is 0 Å². The molecular weight excluding hydrogens is 233 g/mol. The molecule has 0 aliphatic rings. The average molecular weight is 244 g/mol. The molecule has 0 bridgehead atoms. The van der Waals surface area contributed by atoms with Gasteiger partial charge >= 0.3 is 12.1 Å². The summed E-state index contributed by atoms with van der Waals surface area (Å²) in [5.41, 5.74) is 0.286. The first kappa shape index (κ1) is 13.3. The predicted molar refractivity (Wildman–Crippen MR) is 57.2 cm³/mol. The molecule has 0 saturated carbocycles. The molecule has 1 aromatic carbocycles. The van der Waals surface area contributed by atoms with Gasteiger partial charge in [-0.25, -0.2) is 4.79 Å². The van der Waals surface area contributed by atoms with Crippen molar-refractivity contribution in [2.24, 2.45) is 0 Å². The first-order valence-corrected chi connectivity index (χ1v) is 4.78. The predicted octanol–water partition coefficient (Wildman–Crippen LogP) is 3.20. The Morgan fingerprint density at radius 3 is 2.47 bits per heavy atom. The van der Waals surface area contributed by atoms with E-state index in [0.717, 1.165) is 18.2 Å². The lowest BCUT2D eigenvalue weighted by Gasteiger charge is -2.08. The molecule has 0 heterocycles. The molecule has 5 heteroatoms. The lowest BCUT2D eigenvalue weighted by atomic mass is 10.0. The van der Waals surface area contributed by atoms with Crippen molar-refractivity contribution >= 4 is 12.0 Å². The third-order valence-corrected chi connectivity index (χ3v) is 2.20. The topological polar surface area (TPSA) is 26.3 Å². The van der Waals surface area contributed by atoms with Crippen LogP contribution in [0.1, 0.15) is 16.7 Å². The maximum Gasteiger partial charge on any atom is 0.416 e. The van der Waals surface area contributed by atoms with Gasteiger partial charge in [-0.15, -0.1) is 0 Å². The highest BCUT2D eigenvalue weighted by molar-refractivity contribution is 5.87. The number of carbonyl (C=O) groups is 1. The van der Waals surface area contributed by atoms with Crippen molar-refractivity contribution in [1.82, 2.24) is 0 Å². The smallest absolute Gasteiger partial charge is 0.416 e. The van der Waals surface area contributed by atoms with Crippen LogP contribution in [-0.2, 0) is 15.7 Å². The highest BCUT2D eigenvalue weighted by Gasteiger charge is 2.30. The summed E-state index contributed by atoms with van der Waals surface area (Å²) >= 11 is 0. The number of hydrogen-bond donors (Lipinski definition) is 0. The Hall–Kier alpha value is -1.78. The van der Waals surface area contributed by atoms with Gasteiger partial charge in [0.05, 0.1) is 12.7 Å². The van der Waals surface area contributed by atoms with Gasteiger partial charge in [0.25, 0.3) is 0 Å². The van der Waals surface area contributed by atoms with Gasteiger partial charge in [-0.05, 0) is 36.3 Å². The fourth-order valence-electron chi connectivity index (χ4n) is 1.26. The Morgan fingerprint density at radius 1 is 1.35 bits per heavy atom. The third kappa shape index (κ3) is 3.62. The number of benzene rings is 1. The van der Waals surface area contributed by atoms with Crippen LogP contribution in [0.4, 0.5) is 13.2 Å². The maximum atomic E-state index is 12.4. The van der Waals surface area contributed by atoms with Crippen molar-refractivity contribution in [3.05, 3.63) is 41.0 Å². The van der Waals surface area contributed by atoms with E-state index in [1.807, 2.05) is 0 Å². The van der Waals surface area contributed by atoms with Crippen LogP contribution < -0.4 is 0 Å². The first-order chi connectivity index (χ1) is 7.84. The molecule has 0 radical (unpaired) electrons. The minimum atomic E-state index is -4.35. The first-order valence-electron chi connectivity index (χ1n) is 4.78. The van der Waals surface area contributed by atoms with Crippen LogP contribution in [0, 0.1) is 6.92 Å². The molecule has 2 nitrogen and oxygen atoms in total. The van der Waals surface area contributed by atoms with E-state index in [9.17, 15) is 18.0 Å². The lowest BCUT2D eigenvalue weighted by Crippen LogP contribution is -2.05. The Bertz CT molecular complexity index is 448. The second kappa shape index (κ2) is 5.03. The standard InChI is InChI=1S/C12H11F3O2/c1-8-7-10(12(13,14)15)5-3-9(8)4-6-11(16)17-2/h3-7H,1-2H3. The number of rotatable bonds is 2. The molecule has 0 spiro atoms. The number of alkyl halides is 3. The molecule has 1 aromatic rings. The second-order valence-electron chi connectivity index (χ2n) is 3.43. The van der Waals surface area contributed by atoms with Gasteiger partial charge in [-0.1, -0.05) is 6.07 Å². The Kier molecular flexibility index (Phi) is 3.93. The van der Waals surface area contributed by atoms with E-state index < -0.39 is 17.7 Å². The molecule has 0 aliphatic heterocycles. The Morgan fingerprint density at radius 2 is 2.00 bits per heavy atom. The summed E-state index contributed by atoms with van der Waals surface area (Å²) in [6.07, 6.45) is -1.77. The van der Waals surface area contributed by atoms with Crippen molar-refractivity contribution in [2.45, 2.75) is 13.1 Å². The number of hydrogen-bond acceptors (Lipinski definition) is 2. The molecular formula is C12H11F3O2. The number of aryl methyl sites for hydroxylation is 1. The summed E-state index contributed by atoms with van der Waals surface area (Å²) in [4.78, 5) is 10.8. The molecule has 0 fully saturated rings. The summed E-state index contributed by atoms with van der Waals surface area (Å²) in [6.45, 7) is 1.55. The normalized spacial score (nSPS) is 11.8. The van der Waals surface area contributed by atoms with Crippen molar-refractivity contribution in [1.29, 1.82) is 0 Å². The molecule has 92 valence electrons. The molecule has 17 heavy (non-hydrogen) atoms. The molecule has 0 saturated heterocycles. The van der Waals surface area contributed by atoms with Gasteiger partial charge in [0, 0.05) is 6.08 Å². The minimum absolute atomic E-state index is 0.444. The Labute approximate surface area is 96.7 Å². The van der Waals surface area contributed by atoms with Gasteiger partial charge in [-0.3, -0.25) is 0 Å². The van der Waals surface area contributed by atoms with E-state index in [0.29, 0.717) is 11.1 Å². The quantitative estimate of drug-likeness (QED) is 0.590. The zero-order chi connectivity index (χ0) is 13.1. The molecule has 0 amide bonds. The van der Waals surface area contributed by atoms with E-state index in [1.165, 1.54) is 19.3 Å². The third-order valence-electron chi connectivity index (χ3n) is 2.20. The van der Waals surface area contributed by atoms with Gasteiger partial charge in [0.15, 0.2) is 0 Å². The number of methoxy groups -OCH3 is 1. The lowest BCUT2D eigenvalue weighted by molar-refractivity contribution is -0.137. The minimum Gasteiger partial charge on any atom is -0.466 e. The molecule has 1 rings (SSSR count). The van der Waals surface area contributed by atoms with Crippen LogP contribution in [0.25, 0.3) is 6.08 Å². The summed E-state index contributed by atoms with van der Waals surface area (Å²) in [6, 6.07) is 3.33. The van der Waals surface area contributed by atoms with Gasteiger partial charge < -0.3 is 4.74 Å². The summed E-state index contributed by atoms with van der Waals surface area (Å²) < 4.78 is 41.5. The van der Waals surface area contributed by atoms with Crippen molar-refractivity contribution in [2.75, 3.05) is 7.11 Å². The number of carbonyl (C=O) groups excluding carboxylic acids is 1. The average Bonchev–Trinajstić information content (AvgIpc) is 2.25. The van der Waals surface area contributed by atoms with Crippen LogP contribution in [0.15, 0.2) is 24.3 Å². The van der Waals surface area contributed by atoms with Gasteiger partial charge in [-0.2, -0.15) is 13.2 Å². The number of halogens is 3. The van der Waals surface area contributed by atoms with E-state index in [2.05, 4.69) is 4.74 Å². The summed E-state index contributed by atoms with van der Waals surface area (Å²) in [5, 5.41) is 0. The van der Waals surface area contributed by atoms with Crippen LogP contribution >= 0.6 is 0 Å². The summed E-state index contributed by atoms with van der Waals surface area (Å²) in [5.74, 6) is -0.552. The van der Waals surface area contributed by atoms with Crippen LogP contribution in [0.2, 0.25) is 0 Å². The van der Waals surface area contributed by atoms with Crippen molar-refractivity contribution in [3.63, 3.8) is 0 Å². The molecule has 0 N–H and O–H groups in total.